The average molecular weight is 421 g/mol. The summed E-state index contributed by atoms with van der Waals surface area (Å²) in [5.74, 6) is -3.35. The lowest BCUT2D eigenvalue weighted by atomic mass is 10.1. The fourth-order valence-corrected chi connectivity index (χ4v) is 2.12. The Kier molecular flexibility index (Phi) is 11.0. The van der Waals surface area contributed by atoms with Crippen molar-refractivity contribution in [3.8, 4) is 0 Å². The summed E-state index contributed by atoms with van der Waals surface area (Å²) in [5, 5.41) is 15.4. The van der Waals surface area contributed by atoms with E-state index in [9.17, 15) is 24.0 Å². The van der Waals surface area contributed by atoms with Crippen molar-refractivity contribution in [3.05, 3.63) is 0 Å². The number of hydrogen-bond donors (Lipinski definition) is 5. The van der Waals surface area contributed by atoms with Gasteiger partial charge < -0.3 is 30.5 Å². The van der Waals surface area contributed by atoms with E-state index in [0.29, 0.717) is 0 Å². The van der Waals surface area contributed by atoms with E-state index in [0.717, 1.165) is 7.11 Å². The van der Waals surface area contributed by atoms with Crippen molar-refractivity contribution in [2.24, 2.45) is 0 Å². The second kappa shape index (κ2) is 12.1. The molecule has 0 saturated carbocycles. The van der Waals surface area contributed by atoms with Crippen LogP contribution in [0.15, 0.2) is 0 Å². The molecule has 4 N–H and O–H groups in total. The molecule has 0 aliphatic heterocycles. The SMILES string of the molecule is COC(=O)[C@H](CCC(=O)N[C@@H](CS)C(=O)NCC(=O)O)NC(=O)OC(C)(C)C. The lowest BCUT2D eigenvalue weighted by molar-refractivity contribution is -0.143. The van der Waals surface area contributed by atoms with Crippen LogP contribution in [-0.2, 0) is 28.7 Å². The van der Waals surface area contributed by atoms with Gasteiger partial charge in [-0.1, -0.05) is 0 Å². The molecule has 0 aromatic heterocycles. The molecule has 0 bridgehead atoms. The number of hydrogen-bond acceptors (Lipinski definition) is 8. The molecule has 3 amide bonds. The standard InChI is InChI=1S/C16H27N3O8S/c1-16(2,3)27-15(25)19-9(14(24)26-4)5-6-11(20)18-10(8-28)13(23)17-7-12(21)22/h9-10,28H,5-8H2,1-4H3,(H,17,23)(H,18,20)(H,19,25)(H,21,22)/t9-,10-/m0/s1. The first kappa shape index (κ1) is 25.5. The minimum Gasteiger partial charge on any atom is -0.480 e. The number of methoxy groups -OCH3 is 1. The molecule has 0 aliphatic rings. The van der Waals surface area contributed by atoms with Crippen LogP contribution < -0.4 is 16.0 Å². The van der Waals surface area contributed by atoms with Crippen LogP contribution in [-0.4, -0.2) is 72.0 Å². The van der Waals surface area contributed by atoms with E-state index in [4.69, 9.17) is 9.84 Å². The van der Waals surface area contributed by atoms with Crippen molar-refractivity contribution in [1.82, 2.24) is 16.0 Å². The summed E-state index contributed by atoms with van der Waals surface area (Å²) < 4.78 is 9.66. The van der Waals surface area contributed by atoms with Gasteiger partial charge in [0.05, 0.1) is 7.11 Å². The highest BCUT2D eigenvalue weighted by atomic mass is 32.1. The highest BCUT2D eigenvalue weighted by Crippen LogP contribution is 2.08. The van der Waals surface area contributed by atoms with Crippen molar-refractivity contribution < 1.29 is 38.6 Å². The first-order valence-electron chi connectivity index (χ1n) is 8.36. The van der Waals surface area contributed by atoms with Gasteiger partial charge in [0.25, 0.3) is 0 Å². The first-order valence-corrected chi connectivity index (χ1v) is 9.00. The van der Waals surface area contributed by atoms with Gasteiger partial charge in [0.15, 0.2) is 0 Å². The van der Waals surface area contributed by atoms with Gasteiger partial charge in [-0.25, -0.2) is 9.59 Å². The normalized spacial score (nSPS) is 12.9. The molecule has 11 nitrogen and oxygen atoms in total. The molecule has 0 aromatic carbocycles. The summed E-state index contributed by atoms with van der Waals surface area (Å²) in [6.07, 6.45) is -1.16. The molecule has 0 spiro atoms. The van der Waals surface area contributed by atoms with E-state index < -0.39 is 54.1 Å². The largest absolute Gasteiger partial charge is 0.480 e. The van der Waals surface area contributed by atoms with Gasteiger partial charge in [0.1, 0.15) is 24.2 Å². The van der Waals surface area contributed by atoms with E-state index in [-0.39, 0.29) is 18.6 Å². The highest BCUT2D eigenvalue weighted by molar-refractivity contribution is 7.80. The molecule has 0 rings (SSSR count). The number of nitrogens with one attached hydrogen (secondary N) is 3. The van der Waals surface area contributed by atoms with Crippen molar-refractivity contribution in [2.75, 3.05) is 19.4 Å². The Morgan fingerprint density at radius 1 is 1.07 bits per heavy atom. The zero-order valence-electron chi connectivity index (χ0n) is 16.2. The number of carbonyl (C=O) groups excluding carboxylic acids is 4. The molecule has 0 unspecified atom stereocenters. The van der Waals surface area contributed by atoms with Crippen LogP contribution >= 0.6 is 12.6 Å². The van der Waals surface area contributed by atoms with Gasteiger partial charge in [-0.15, -0.1) is 0 Å². The third-order valence-corrected chi connectivity index (χ3v) is 3.45. The third kappa shape index (κ3) is 11.3. The van der Waals surface area contributed by atoms with Gasteiger partial charge in [-0.05, 0) is 27.2 Å². The van der Waals surface area contributed by atoms with Crippen LogP contribution in [0.2, 0.25) is 0 Å². The molecule has 0 fully saturated rings. The predicted octanol–water partition coefficient (Wildman–Crippen LogP) is -0.552. The lowest BCUT2D eigenvalue weighted by Crippen LogP contribution is -2.49. The van der Waals surface area contributed by atoms with Crippen molar-refractivity contribution in [2.45, 2.75) is 51.3 Å². The maximum Gasteiger partial charge on any atom is 0.408 e. The van der Waals surface area contributed by atoms with Crippen LogP contribution in [0, 0.1) is 0 Å². The van der Waals surface area contributed by atoms with Gasteiger partial charge in [0, 0.05) is 12.2 Å². The molecular formula is C16H27N3O8S. The molecule has 0 aromatic rings. The number of esters is 1. The van der Waals surface area contributed by atoms with Crippen molar-refractivity contribution >= 4 is 42.5 Å². The van der Waals surface area contributed by atoms with E-state index in [1.165, 1.54) is 0 Å². The number of carboxylic acids is 1. The second-order valence-electron chi connectivity index (χ2n) is 6.67. The first-order chi connectivity index (χ1) is 12.9. The Morgan fingerprint density at radius 3 is 2.14 bits per heavy atom. The molecule has 0 radical (unpaired) electrons. The van der Waals surface area contributed by atoms with Crippen LogP contribution in [0.4, 0.5) is 4.79 Å². The maximum absolute atomic E-state index is 12.0. The zero-order chi connectivity index (χ0) is 21.9. The smallest absolute Gasteiger partial charge is 0.408 e. The van der Waals surface area contributed by atoms with Gasteiger partial charge in [-0.3, -0.25) is 14.4 Å². The Balaban J connectivity index is 4.72. The fourth-order valence-electron chi connectivity index (χ4n) is 1.86. The number of amides is 3. The van der Waals surface area contributed by atoms with Crippen LogP contribution in [0.25, 0.3) is 0 Å². The number of aliphatic carboxylic acids is 1. The monoisotopic (exact) mass is 421 g/mol. The molecule has 0 saturated heterocycles. The summed E-state index contributed by atoms with van der Waals surface area (Å²) in [6, 6.07) is -2.17. The topological polar surface area (TPSA) is 160 Å². The minimum atomic E-state index is -1.23. The van der Waals surface area contributed by atoms with E-state index in [2.05, 4.69) is 33.3 Å². The molecule has 160 valence electrons. The number of thiol groups is 1. The number of carbonyl (C=O) groups is 5. The average Bonchev–Trinajstić information content (AvgIpc) is 2.58. The fraction of sp³-hybridized carbons (Fsp3) is 0.688. The molecule has 28 heavy (non-hydrogen) atoms. The molecule has 2 atom stereocenters. The van der Waals surface area contributed by atoms with Crippen LogP contribution in [0.3, 0.4) is 0 Å². The number of ether oxygens (including phenoxy) is 2. The Hall–Kier alpha value is -2.50. The summed E-state index contributed by atoms with van der Waals surface area (Å²) in [5.41, 5.74) is -0.773. The molecule has 0 aliphatic carbocycles. The highest BCUT2D eigenvalue weighted by Gasteiger charge is 2.26. The van der Waals surface area contributed by atoms with Crippen LogP contribution in [0.1, 0.15) is 33.6 Å². The van der Waals surface area contributed by atoms with E-state index >= 15 is 0 Å². The summed E-state index contributed by atoms with van der Waals surface area (Å²) in [4.78, 5) is 57.9. The predicted molar refractivity (Wildman–Crippen MR) is 101 cm³/mol. The zero-order valence-corrected chi connectivity index (χ0v) is 17.1. The molecule has 0 heterocycles. The minimum absolute atomic E-state index is 0.0617. The molecule has 12 heteroatoms. The lowest BCUT2D eigenvalue weighted by Gasteiger charge is -2.22. The van der Waals surface area contributed by atoms with Gasteiger partial charge >= 0.3 is 18.0 Å². The van der Waals surface area contributed by atoms with E-state index in [1.807, 2.05) is 0 Å². The quantitative estimate of drug-likeness (QED) is 0.232. The Morgan fingerprint density at radius 2 is 1.68 bits per heavy atom. The number of carboxylic acid groups (broad SMARTS) is 1. The van der Waals surface area contributed by atoms with E-state index in [1.54, 1.807) is 20.8 Å². The van der Waals surface area contributed by atoms with Crippen LogP contribution in [0.5, 0.6) is 0 Å². The summed E-state index contributed by atoms with van der Waals surface area (Å²) in [7, 11) is 1.13. The van der Waals surface area contributed by atoms with Crippen molar-refractivity contribution in [1.29, 1.82) is 0 Å². The second-order valence-corrected chi connectivity index (χ2v) is 7.04. The third-order valence-electron chi connectivity index (χ3n) is 3.08. The van der Waals surface area contributed by atoms with Crippen molar-refractivity contribution in [3.63, 3.8) is 0 Å². The van der Waals surface area contributed by atoms with Gasteiger partial charge in [-0.2, -0.15) is 12.6 Å². The summed E-state index contributed by atoms with van der Waals surface area (Å²) in [6.45, 7) is 4.36. The van der Waals surface area contributed by atoms with Gasteiger partial charge in [0.2, 0.25) is 11.8 Å². The summed E-state index contributed by atoms with van der Waals surface area (Å²) >= 11 is 3.94. The number of alkyl carbamates (subject to hydrolysis) is 1. The number of rotatable bonds is 10. The Labute approximate surface area is 168 Å². The maximum atomic E-state index is 12.0. The Bertz CT molecular complexity index is 591. The molecular weight excluding hydrogens is 394 g/mol.